The number of carbonyl (C=O) groups excluding carboxylic acids is 1. The minimum Gasteiger partial charge on any atom is -0.373 e. The molecule has 5 nitrogen and oxygen atoms in total. The summed E-state index contributed by atoms with van der Waals surface area (Å²) in [7, 11) is 2.05. The fraction of sp³-hybridized carbons (Fsp3) is 0.286. The molecule has 0 aliphatic carbocycles. The summed E-state index contributed by atoms with van der Waals surface area (Å²) in [5, 5.41) is 6.92. The average molecular weight is 258 g/mol. The maximum atomic E-state index is 10.9. The second-order valence-corrected chi connectivity index (χ2v) is 4.43. The predicted molar refractivity (Wildman–Crippen MR) is 76.2 cm³/mol. The van der Waals surface area contributed by atoms with E-state index in [1.807, 2.05) is 36.1 Å². The number of amides is 1. The first-order valence-corrected chi connectivity index (χ1v) is 6.21. The second kappa shape index (κ2) is 6.04. The Balaban J connectivity index is 1.88. The van der Waals surface area contributed by atoms with E-state index in [1.165, 1.54) is 12.6 Å². The topological polar surface area (TPSA) is 50.2 Å². The van der Waals surface area contributed by atoms with Crippen LogP contribution in [-0.4, -0.2) is 29.3 Å². The molecule has 0 spiro atoms. The Morgan fingerprint density at radius 1 is 1.37 bits per heavy atom. The molecule has 0 atom stereocenters. The third kappa shape index (κ3) is 3.84. The number of hydrogen-bond donors (Lipinski definition) is 1. The van der Waals surface area contributed by atoms with Gasteiger partial charge in [0.2, 0.25) is 5.91 Å². The minimum absolute atomic E-state index is 0.0825. The van der Waals surface area contributed by atoms with Crippen LogP contribution in [0.5, 0.6) is 0 Å². The van der Waals surface area contributed by atoms with Crippen molar-refractivity contribution < 1.29 is 4.79 Å². The monoisotopic (exact) mass is 258 g/mol. The molecule has 19 heavy (non-hydrogen) atoms. The Morgan fingerprint density at radius 3 is 2.79 bits per heavy atom. The van der Waals surface area contributed by atoms with Gasteiger partial charge in [-0.15, -0.1) is 0 Å². The lowest BCUT2D eigenvalue weighted by Gasteiger charge is -2.18. The number of carbonyl (C=O) groups is 1. The molecular formula is C14H18N4O. The zero-order valence-corrected chi connectivity index (χ0v) is 11.2. The van der Waals surface area contributed by atoms with Gasteiger partial charge in [-0.1, -0.05) is 18.2 Å². The van der Waals surface area contributed by atoms with Gasteiger partial charge < -0.3 is 10.2 Å². The minimum atomic E-state index is -0.0825. The average Bonchev–Trinajstić information content (AvgIpc) is 2.84. The van der Waals surface area contributed by atoms with Gasteiger partial charge in [0.25, 0.3) is 0 Å². The van der Waals surface area contributed by atoms with Crippen molar-refractivity contribution in [1.82, 2.24) is 9.78 Å². The van der Waals surface area contributed by atoms with Crippen LogP contribution in [0.2, 0.25) is 0 Å². The third-order valence-corrected chi connectivity index (χ3v) is 2.82. The van der Waals surface area contributed by atoms with E-state index in [9.17, 15) is 4.79 Å². The number of nitrogens with one attached hydrogen (secondary N) is 1. The van der Waals surface area contributed by atoms with Crippen LogP contribution in [0.1, 0.15) is 6.92 Å². The number of likely N-dealkylation sites (N-methyl/N-ethyl adjacent to an activating group) is 1. The van der Waals surface area contributed by atoms with Crippen molar-refractivity contribution >= 4 is 17.3 Å². The molecule has 1 heterocycles. The maximum Gasteiger partial charge on any atom is 0.221 e. The summed E-state index contributed by atoms with van der Waals surface area (Å²) < 4.78 is 1.82. The highest BCUT2D eigenvalue weighted by Gasteiger charge is 2.02. The summed E-state index contributed by atoms with van der Waals surface area (Å²) in [5.74, 6) is -0.0825. The van der Waals surface area contributed by atoms with Gasteiger partial charge in [-0.05, 0) is 12.1 Å². The Hall–Kier alpha value is -2.30. The van der Waals surface area contributed by atoms with Crippen molar-refractivity contribution in [1.29, 1.82) is 0 Å². The molecule has 0 bridgehead atoms. The number of rotatable bonds is 5. The van der Waals surface area contributed by atoms with Gasteiger partial charge in [-0.2, -0.15) is 5.10 Å². The van der Waals surface area contributed by atoms with Crippen molar-refractivity contribution in [2.24, 2.45) is 0 Å². The fourth-order valence-corrected chi connectivity index (χ4v) is 1.82. The van der Waals surface area contributed by atoms with Gasteiger partial charge in [-0.25, -0.2) is 0 Å². The van der Waals surface area contributed by atoms with Crippen LogP contribution in [0.3, 0.4) is 0 Å². The summed E-state index contributed by atoms with van der Waals surface area (Å²) in [6.45, 7) is 3.11. The molecule has 0 saturated heterocycles. The van der Waals surface area contributed by atoms with E-state index < -0.39 is 0 Å². The van der Waals surface area contributed by atoms with Crippen LogP contribution in [0.25, 0.3) is 0 Å². The van der Waals surface area contributed by atoms with E-state index in [0.717, 1.165) is 18.8 Å². The van der Waals surface area contributed by atoms with Gasteiger partial charge in [0.05, 0.1) is 18.4 Å². The van der Waals surface area contributed by atoms with Gasteiger partial charge in [0.15, 0.2) is 0 Å². The van der Waals surface area contributed by atoms with E-state index in [4.69, 9.17) is 0 Å². The highest BCUT2D eigenvalue weighted by Crippen LogP contribution is 2.11. The van der Waals surface area contributed by atoms with Crippen LogP contribution in [0.15, 0.2) is 42.7 Å². The van der Waals surface area contributed by atoms with Gasteiger partial charge in [0, 0.05) is 32.4 Å². The summed E-state index contributed by atoms with van der Waals surface area (Å²) in [5.41, 5.74) is 1.91. The molecule has 1 amide bonds. The van der Waals surface area contributed by atoms with Crippen LogP contribution >= 0.6 is 0 Å². The lowest BCUT2D eigenvalue weighted by molar-refractivity contribution is -0.114. The Bertz CT molecular complexity index is 535. The Labute approximate surface area is 112 Å². The molecule has 0 radical (unpaired) electrons. The predicted octanol–water partition coefficient (Wildman–Crippen LogP) is 1.98. The standard InChI is InChI=1S/C14H18N4O/c1-12(19)16-13-10-15-18(11-13)9-8-17(2)14-6-4-3-5-7-14/h3-7,10-11H,8-9H2,1-2H3,(H,16,19). The first-order chi connectivity index (χ1) is 9.15. The number of hydrogen-bond acceptors (Lipinski definition) is 3. The summed E-state index contributed by atoms with van der Waals surface area (Å²) >= 11 is 0. The van der Waals surface area contributed by atoms with E-state index in [1.54, 1.807) is 6.20 Å². The van der Waals surface area contributed by atoms with E-state index in [0.29, 0.717) is 0 Å². The molecule has 2 rings (SSSR count). The van der Waals surface area contributed by atoms with E-state index in [2.05, 4.69) is 27.4 Å². The lowest BCUT2D eigenvalue weighted by Crippen LogP contribution is -2.22. The molecule has 0 aliphatic rings. The first-order valence-electron chi connectivity index (χ1n) is 6.21. The van der Waals surface area contributed by atoms with Gasteiger partial charge in [0.1, 0.15) is 0 Å². The molecule has 2 aromatic rings. The van der Waals surface area contributed by atoms with Crippen LogP contribution < -0.4 is 10.2 Å². The molecule has 1 aromatic heterocycles. The summed E-state index contributed by atoms with van der Waals surface area (Å²) in [6, 6.07) is 10.2. The highest BCUT2D eigenvalue weighted by atomic mass is 16.1. The number of nitrogens with zero attached hydrogens (tertiary/aromatic N) is 3. The van der Waals surface area contributed by atoms with Crippen molar-refractivity contribution in [3.8, 4) is 0 Å². The SMILES string of the molecule is CC(=O)Nc1cnn(CCN(C)c2ccccc2)c1. The Kier molecular flexibility index (Phi) is 4.18. The van der Waals surface area contributed by atoms with Crippen molar-refractivity contribution in [2.75, 3.05) is 23.8 Å². The van der Waals surface area contributed by atoms with Crippen molar-refractivity contribution in [3.63, 3.8) is 0 Å². The van der Waals surface area contributed by atoms with E-state index in [-0.39, 0.29) is 5.91 Å². The van der Waals surface area contributed by atoms with Gasteiger partial charge >= 0.3 is 0 Å². The molecule has 0 aliphatic heterocycles. The highest BCUT2D eigenvalue weighted by molar-refractivity contribution is 5.88. The normalized spacial score (nSPS) is 10.2. The fourth-order valence-electron chi connectivity index (χ4n) is 1.82. The molecule has 5 heteroatoms. The zero-order valence-electron chi connectivity index (χ0n) is 11.2. The second-order valence-electron chi connectivity index (χ2n) is 4.43. The van der Waals surface area contributed by atoms with Crippen LogP contribution in [-0.2, 0) is 11.3 Å². The summed E-state index contributed by atoms with van der Waals surface area (Å²) in [4.78, 5) is 13.1. The van der Waals surface area contributed by atoms with Crippen LogP contribution in [0.4, 0.5) is 11.4 Å². The number of benzene rings is 1. The lowest BCUT2D eigenvalue weighted by atomic mass is 10.3. The summed E-state index contributed by atoms with van der Waals surface area (Å²) in [6.07, 6.45) is 3.49. The van der Waals surface area contributed by atoms with Gasteiger partial charge in [-0.3, -0.25) is 9.48 Å². The van der Waals surface area contributed by atoms with Crippen molar-refractivity contribution in [3.05, 3.63) is 42.7 Å². The van der Waals surface area contributed by atoms with Crippen LogP contribution in [0, 0.1) is 0 Å². The number of anilines is 2. The first kappa shape index (κ1) is 13.1. The molecule has 0 fully saturated rings. The molecule has 0 saturated carbocycles. The quantitative estimate of drug-likeness (QED) is 0.892. The molecule has 100 valence electrons. The molecule has 0 unspecified atom stereocenters. The molecular weight excluding hydrogens is 240 g/mol. The zero-order chi connectivity index (χ0) is 13.7. The number of aromatic nitrogens is 2. The molecule has 1 N–H and O–H groups in total. The maximum absolute atomic E-state index is 10.9. The third-order valence-electron chi connectivity index (χ3n) is 2.82. The number of para-hydroxylation sites is 1. The Morgan fingerprint density at radius 2 is 2.11 bits per heavy atom. The molecule has 1 aromatic carbocycles. The smallest absolute Gasteiger partial charge is 0.221 e. The largest absolute Gasteiger partial charge is 0.373 e. The van der Waals surface area contributed by atoms with Crippen molar-refractivity contribution in [2.45, 2.75) is 13.5 Å². The van der Waals surface area contributed by atoms with E-state index >= 15 is 0 Å².